The average Bonchev–Trinajstić information content (AvgIpc) is 3.27. The number of nitrogens with zero attached hydrogens (tertiary/aromatic N) is 1. The van der Waals surface area contributed by atoms with E-state index in [1.165, 1.54) is 43.1 Å². The number of fused-ring (bicyclic) bond motifs is 9. The Morgan fingerprint density at radius 1 is 0.650 bits per heavy atom. The van der Waals surface area contributed by atoms with Crippen LogP contribution in [0, 0.1) is 0 Å². The molecule has 0 amide bonds. The first-order valence-electron chi connectivity index (χ1n) is 14.0. The second-order valence-electron chi connectivity index (χ2n) is 11.5. The average molecular weight is 517 g/mol. The van der Waals surface area contributed by atoms with E-state index >= 15 is 0 Å². The molecule has 8 rings (SSSR count). The second-order valence-corrected chi connectivity index (χ2v) is 11.5. The van der Waals surface area contributed by atoms with Gasteiger partial charge in [0.05, 0.1) is 22.9 Å². The molecule has 0 aliphatic carbocycles. The molecule has 40 heavy (non-hydrogen) atoms. The van der Waals surface area contributed by atoms with Crippen LogP contribution in [-0.2, 0) is 9.31 Å². The van der Waals surface area contributed by atoms with E-state index in [1.54, 1.807) is 0 Å². The van der Waals surface area contributed by atoms with Gasteiger partial charge in [0.25, 0.3) is 0 Å². The first-order chi connectivity index (χ1) is 19.5. The van der Waals surface area contributed by atoms with Crippen LogP contribution in [0.4, 0.5) is 0 Å². The third-order valence-corrected chi connectivity index (χ3v) is 8.70. The predicted molar refractivity (Wildman–Crippen MR) is 168 cm³/mol. The molecule has 6 aromatic carbocycles. The molecule has 1 saturated heterocycles. The Bertz CT molecular complexity index is 2130. The lowest BCUT2D eigenvalue weighted by Crippen LogP contribution is -2.34. The lowest BCUT2D eigenvalue weighted by molar-refractivity contribution is 0.0842. The van der Waals surface area contributed by atoms with Crippen molar-refractivity contribution in [1.29, 1.82) is 0 Å². The van der Waals surface area contributed by atoms with E-state index in [1.807, 2.05) is 0 Å². The molecule has 1 atom stereocenters. The molecule has 4 heteroatoms. The van der Waals surface area contributed by atoms with Crippen LogP contribution < -0.4 is 5.46 Å². The van der Waals surface area contributed by atoms with Gasteiger partial charge in [-0.3, -0.25) is 0 Å². The Balaban J connectivity index is 1.39. The van der Waals surface area contributed by atoms with E-state index in [4.69, 9.17) is 14.3 Å². The van der Waals surface area contributed by atoms with Gasteiger partial charge in [0.15, 0.2) is 0 Å². The smallest absolute Gasteiger partial charge is 0.402 e. The normalized spacial score (nSPS) is 17.1. The minimum atomic E-state index is -0.347. The molecule has 7 aromatic rings. The first kappa shape index (κ1) is 23.6. The van der Waals surface area contributed by atoms with E-state index in [-0.39, 0.29) is 18.8 Å². The molecule has 3 nitrogen and oxygen atoms in total. The van der Waals surface area contributed by atoms with Crippen LogP contribution in [0.3, 0.4) is 0 Å². The predicted octanol–water partition coefficient (Wildman–Crippen LogP) is 8.42. The highest BCUT2D eigenvalue weighted by molar-refractivity contribution is 6.62. The molecule has 0 saturated carbocycles. The van der Waals surface area contributed by atoms with Crippen molar-refractivity contribution in [3.63, 3.8) is 0 Å². The van der Waals surface area contributed by atoms with E-state index in [2.05, 4.69) is 130 Å². The topological polar surface area (TPSA) is 31.4 Å². The van der Waals surface area contributed by atoms with Crippen LogP contribution in [0.25, 0.3) is 65.3 Å². The highest BCUT2D eigenvalue weighted by Crippen LogP contribution is 2.43. The second kappa shape index (κ2) is 8.63. The summed E-state index contributed by atoms with van der Waals surface area (Å²) < 4.78 is 12.4. The van der Waals surface area contributed by atoms with E-state index < -0.39 is 0 Å². The fraction of sp³-hybridized carbons (Fsp3) is 0.139. The summed E-state index contributed by atoms with van der Waals surface area (Å²) in [6, 6.07) is 39.1. The first-order valence-corrected chi connectivity index (χ1v) is 14.0. The Labute approximate surface area is 233 Å². The van der Waals surface area contributed by atoms with Crippen molar-refractivity contribution in [2.45, 2.75) is 32.5 Å². The van der Waals surface area contributed by atoms with Crippen molar-refractivity contribution >= 4 is 66.6 Å². The molecule has 1 fully saturated rings. The number of hydrogen-bond acceptors (Lipinski definition) is 3. The van der Waals surface area contributed by atoms with Crippen molar-refractivity contribution in [1.82, 2.24) is 4.98 Å². The fourth-order valence-electron chi connectivity index (χ4n) is 6.29. The molecule has 1 aromatic heterocycles. The van der Waals surface area contributed by atoms with Crippen LogP contribution >= 0.6 is 0 Å². The molecular weight excluding hydrogens is 489 g/mol. The van der Waals surface area contributed by atoms with Gasteiger partial charge < -0.3 is 9.31 Å². The zero-order chi connectivity index (χ0) is 27.0. The lowest BCUT2D eigenvalue weighted by Gasteiger charge is -2.21. The van der Waals surface area contributed by atoms with Gasteiger partial charge in [-0.1, -0.05) is 97.1 Å². The van der Waals surface area contributed by atoms with Crippen LogP contribution in [0.1, 0.15) is 20.8 Å². The molecule has 1 unspecified atom stereocenters. The molecule has 192 valence electrons. The Kier molecular flexibility index (Phi) is 5.10. The minimum Gasteiger partial charge on any atom is -0.402 e. The van der Waals surface area contributed by atoms with Crippen molar-refractivity contribution < 1.29 is 9.31 Å². The highest BCUT2D eigenvalue weighted by atomic mass is 16.7. The monoisotopic (exact) mass is 517 g/mol. The third-order valence-electron chi connectivity index (χ3n) is 8.70. The number of rotatable bonds is 2. The van der Waals surface area contributed by atoms with E-state index in [9.17, 15) is 0 Å². The SMILES string of the molecule is CC1OB(c2ccc3cc(-c4nc5ccccc5c5c6ccccc6c6ccccc6c45)ccc3c2)OC1(C)C. The summed E-state index contributed by atoms with van der Waals surface area (Å²) in [4.78, 5) is 5.30. The molecule has 1 aliphatic rings. The lowest BCUT2D eigenvalue weighted by atomic mass is 9.78. The number of para-hydroxylation sites is 1. The van der Waals surface area contributed by atoms with Gasteiger partial charge in [0, 0.05) is 21.7 Å². The van der Waals surface area contributed by atoms with Gasteiger partial charge in [-0.05, 0) is 70.7 Å². The summed E-state index contributed by atoms with van der Waals surface area (Å²) in [6.07, 6.45) is 0.0359. The summed E-state index contributed by atoms with van der Waals surface area (Å²) in [5.74, 6) is 0. The van der Waals surface area contributed by atoms with Crippen molar-refractivity contribution in [3.05, 3.63) is 109 Å². The summed E-state index contributed by atoms with van der Waals surface area (Å²) in [5, 5.41) is 11.0. The third kappa shape index (κ3) is 3.50. The molecular formula is C36H28BNO2. The molecule has 0 bridgehead atoms. The van der Waals surface area contributed by atoms with Gasteiger partial charge in [0.2, 0.25) is 0 Å². The summed E-state index contributed by atoms with van der Waals surface area (Å²) in [6.45, 7) is 6.23. The standard InChI is InChI=1S/C36H28BNO2/c1-22-36(2,3)40-37(39-22)26-19-18-23-20-25(17-16-24(23)21-26)35-34-30-13-7-5-11-28(30)27-10-4-6-12-29(27)33(34)31-14-8-9-15-32(31)38-35/h4-22H,1-3H3. The summed E-state index contributed by atoms with van der Waals surface area (Å²) in [5.41, 5.74) is 3.87. The van der Waals surface area contributed by atoms with Gasteiger partial charge in [-0.25, -0.2) is 4.98 Å². The van der Waals surface area contributed by atoms with Gasteiger partial charge >= 0.3 is 7.12 Å². The fourth-order valence-corrected chi connectivity index (χ4v) is 6.29. The van der Waals surface area contributed by atoms with Crippen molar-refractivity contribution in [3.8, 4) is 11.3 Å². The summed E-state index contributed by atoms with van der Waals surface area (Å²) in [7, 11) is -0.347. The molecule has 1 aliphatic heterocycles. The summed E-state index contributed by atoms with van der Waals surface area (Å²) >= 11 is 0. The van der Waals surface area contributed by atoms with Crippen LogP contribution in [0.5, 0.6) is 0 Å². The Morgan fingerprint density at radius 2 is 1.25 bits per heavy atom. The van der Waals surface area contributed by atoms with E-state index in [0.29, 0.717) is 0 Å². The zero-order valence-electron chi connectivity index (χ0n) is 22.8. The van der Waals surface area contributed by atoms with Crippen LogP contribution in [-0.4, -0.2) is 23.8 Å². The van der Waals surface area contributed by atoms with Crippen LogP contribution in [0.15, 0.2) is 109 Å². The van der Waals surface area contributed by atoms with Crippen molar-refractivity contribution in [2.75, 3.05) is 0 Å². The maximum Gasteiger partial charge on any atom is 0.494 e. The van der Waals surface area contributed by atoms with Crippen LogP contribution in [0.2, 0.25) is 0 Å². The zero-order valence-corrected chi connectivity index (χ0v) is 22.8. The van der Waals surface area contributed by atoms with E-state index in [0.717, 1.165) is 27.6 Å². The van der Waals surface area contributed by atoms with Gasteiger partial charge in [-0.15, -0.1) is 0 Å². The number of hydrogen-bond donors (Lipinski definition) is 0. The molecule has 0 radical (unpaired) electrons. The molecule has 0 spiro atoms. The molecule has 2 heterocycles. The minimum absolute atomic E-state index is 0.0359. The van der Waals surface area contributed by atoms with Gasteiger partial charge in [0.1, 0.15) is 0 Å². The number of aromatic nitrogens is 1. The highest BCUT2D eigenvalue weighted by Gasteiger charge is 2.43. The number of pyridine rings is 1. The Hall–Kier alpha value is -4.25. The number of benzene rings is 6. The largest absolute Gasteiger partial charge is 0.494 e. The van der Waals surface area contributed by atoms with Crippen molar-refractivity contribution in [2.24, 2.45) is 0 Å². The molecule has 0 N–H and O–H groups in total. The maximum atomic E-state index is 6.22. The van der Waals surface area contributed by atoms with Gasteiger partial charge in [-0.2, -0.15) is 0 Å². The quantitative estimate of drug-likeness (QED) is 0.170. The maximum absolute atomic E-state index is 6.22. The Morgan fingerprint density at radius 3 is 1.95 bits per heavy atom.